The van der Waals surface area contributed by atoms with Crippen LogP contribution in [0.5, 0.6) is 0 Å². The number of halogens is 2. The summed E-state index contributed by atoms with van der Waals surface area (Å²) in [7, 11) is -4.21. The van der Waals surface area contributed by atoms with Crippen LogP contribution in [0.1, 0.15) is 22.7 Å². The van der Waals surface area contributed by atoms with Crippen molar-refractivity contribution in [2.24, 2.45) is 0 Å². The second kappa shape index (κ2) is 5.70. The Hall–Kier alpha value is -1.51. The molecule has 0 saturated carbocycles. The molecule has 1 aromatic carbocycles. The highest BCUT2D eigenvalue weighted by molar-refractivity contribution is 7.89. The van der Waals surface area contributed by atoms with Gasteiger partial charge >= 0.3 is 0 Å². The lowest BCUT2D eigenvalue weighted by Crippen LogP contribution is -2.27. The molecule has 21 heavy (non-hydrogen) atoms. The maximum Gasteiger partial charge on any atom is 0.244 e. The summed E-state index contributed by atoms with van der Waals surface area (Å²) < 4.78 is 53.7. The van der Waals surface area contributed by atoms with Gasteiger partial charge in [-0.25, -0.2) is 21.9 Å². The Labute approximate surface area is 125 Å². The molecule has 0 fully saturated rings. The monoisotopic (exact) mass is 332 g/mol. The Morgan fingerprint density at radius 1 is 1.29 bits per heavy atom. The van der Waals surface area contributed by atoms with E-state index in [2.05, 4.69) is 4.72 Å². The lowest BCUT2D eigenvalue weighted by atomic mass is 10.3. The van der Waals surface area contributed by atoms with Gasteiger partial charge in [-0.15, -0.1) is 11.3 Å². The SMILES string of the molecule is Cc1ccc(C(C)NS(=O)(=O)c2cc(N)cc(F)c2F)s1. The number of nitrogens with one attached hydrogen (secondary N) is 1. The van der Waals surface area contributed by atoms with E-state index in [-0.39, 0.29) is 5.69 Å². The van der Waals surface area contributed by atoms with Crippen LogP contribution in [0.2, 0.25) is 0 Å². The molecule has 0 aliphatic carbocycles. The molecule has 2 aromatic rings. The molecule has 0 bridgehead atoms. The van der Waals surface area contributed by atoms with Crippen LogP contribution in [0.25, 0.3) is 0 Å². The van der Waals surface area contributed by atoms with Gasteiger partial charge in [0.15, 0.2) is 11.6 Å². The number of sulfonamides is 1. The summed E-state index contributed by atoms with van der Waals surface area (Å²) in [6.45, 7) is 3.52. The maximum atomic E-state index is 13.7. The van der Waals surface area contributed by atoms with E-state index < -0.39 is 32.6 Å². The Balaban J connectivity index is 2.35. The van der Waals surface area contributed by atoms with Crippen LogP contribution in [0, 0.1) is 18.6 Å². The zero-order chi connectivity index (χ0) is 15.8. The van der Waals surface area contributed by atoms with Crippen molar-refractivity contribution in [2.45, 2.75) is 24.8 Å². The first-order valence-corrected chi connectivity index (χ1v) is 8.34. The lowest BCUT2D eigenvalue weighted by Gasteiger charge is -2.14. The number of thiophene rings is 1. The fourth-order valence-electron chi connectivity index (χ4n) is 1.82. The van der Waals surface area contributed by atoms with Gasteiger partial charge in [-0.2, -0.15) is 0 Å². The summed E-state index contributed by atoms with van der Waals surface area (Å²) in [5, 5.41) is 0. The van der Waals surface area contributed by atoms with Crippen LogP contribution < -0.4 is 10.5 Å². The number of nitrogens with two attached hydrogens (primary N) is 1. The van der Waals surface area contributed by atoms with Crippen LogP contribution in [0.15, 0.2) is 29.2 Å². The summed E-state index contributed by atoms with van der Waals surface area (Å²) in [5.74, 6) is -2.73. The highest BCUT2D eigenvalue weighted by atomic mass is 32.2. The highest BCUT2D eigenvalue weighted by Crippen LogP contribution is 2.26. The Bertz CT molecular complexity index is 772. The third-order valence-corrected chi connectivity index (χ3v) is 5.55. The van der Waals surface area contributed by atoms with Crippen LogP contribution in [-0.2, 0) is 10.0 Å². The molecule has 0 aliphatic heterocycles. The van der Waals surface area contributed by atoms with Crippen LogP contribution >= 0.6 is 11.3 Å². The van der Waals surface area contributed by atoms with Crippen molar-refractivity contribution in [1.29, 1.82) is 0 Å². The molecular formula is C13H14F2N2O2S2. The topological polar surface area (TPSA) is 72.2 Å². The summed E-state index contributed by atoms with van der Waals surface area (Å²) in [4.78, 5) is 1.01. The molecular weight excluding hydrogens is 318 g/mol. The zero-order valence-electron chi connectivity index (χ0n) is 11.4. The first kappa shape index (κ1) is 15.9. The standard InChI is InChI=1S/C13H14F2N2O2S2/c1-7-3-4-11(20-7)8(2)17-21(18,19)12-6-9(16)5-10(14)13(12)15/h3-6,8,17H,16H2,1-2H3. The normalized spacial score (nSPS) is 13.3. The minimum absolute atomic E-state index is 0.158. The van der Waals surface area contributed by atoms with E-state index in [4.69, 9.17) is 5.73 Å². The van der Waals surface area contributed by atoms with Crippen LogP contribution in [-0.4, -0.2) is 8.42 Å². The number of aryl methyl sites for hydroxylation is 1. The highest BCUT2D eigenvalue weighted by Gasteiger charge is 2.25. The number of hydrogen-bond acceptors (Lipinski definition) is 4. The van der Waals surface area contributed by atoms with E-state index in [1.54, 1.807) is 13.0 Å². The van der Waals surface area contributed by atoms with E-state index in [9.17, 15) is 17.2 Å². The number of nitrogen functional groups attached to an aromatic ring is 1. The second-order valence-electron chi connectivity index (χ2n) is 4.61. The fourth-order valence-corrected chi connectivity index (χ4v) is 4.12. The van der Waals surface area contributed by atoms with Gasteiger partial charge in [-0.3, -0.25) is 0 Å². The third-order valence-electron chi connectivity index (χ3n) is 2.83. The molecule has 1 unspecified atom stereocenters. The van der Waals surface area contributed by atoms with Gasteiger partial charge in [-0.05, 0) is 38.1 Å². The first-order valence-electron chi connectivity index (χ1n) is 6.04. The Morgan fingerprint density at radius 2 is 1.95 bits per heavy atom. The lowest BCUT2D eigenvalue weighted by molar-refractivity contribution is 0.482. The average Bonchev–Trinajstić information content (AvgIpc) is 2.80. The van der Waals surface area contributed by atoms with E-state index >= 15 is 0 Å². The molecule has 0 saturated heterocycles. The predicted octanol–water partition coefficient (Wildman–Crippen LogP) is 2.96. The quantitative estimate of drug-likeness (QED) is 0.846. The van der Waals surface area contributed by atoms with E-state index in [1.165, 1.54) is 11.3 Å². The molecule has 2 rings (SSSR count). The molecule has 0 amide bonds. The molecule has 114 valence electrons. The largest absolute Gasteiger partial charge is 0.399 e. The molecule has 3 N–H and O–H groups in total. The first-order chi connectivity index (χ1) is 9.70. The maximum absolute atomic E-state index is 13.7. The van der Waals surface area contributed by atoms with Crippen molar-refractivity contribution >= 4 is 27.0 Å². The number of benzene rings is 1. The van der Waals surface area contributed by atoms with Crippen molar-refractivity contribution in [3.8, 4) is 0 Å². The minimum Gasteiger partial charge on any atom is -0.399 e. The Kier molecular flexibility index (Phi) is 4.31. The molecule has 0 spiro atoms. The van der Waals surface area contributed by atoms with Crippen molar-refractivity contribution < 1.29 is 17.2 Å². The molecule has 4 nitrogen and oxygen atoms in total. The molecule has 1 atom stereocenters. The predicted molar refractivity (Wildman–Crippen MR) is 78.6 cm³/mol. The third kappa shape index (κ3) is 3.39. The molecule has 0 radical (unpaired) electrons. The second-order valence-corrected chi connectivity index (χ2v) is 7.61. The van der Waals surface area contributed by atoms with Gasteiger partial charge in [-0.1, -0.05) is 0 Å². The minimum atomic E-state index is -4.21. The van der Waals surface area contributed by atoms with E-state index in [0.29, 0.717) is 0 Å². The van der Waals surface area contributed by atoms with Gasteiger partial charge < -0.3 is 5.73 Å². The number of rotatable bonds is 4. The molecule has 0 aliphatic rings. The molecule has 1 aromatic heterocycles. The number of anilines is 1. The van der Waals surface area contributed by atoms with E-state index in [0.717, 1.165) is 21.9 Å². The summed E-state index contributed by atoms with van der Waals surface area (Å²) >= 11 is 1.42. The average molecular weight is 332 g/mol. The van der Waals surface area contributed by atoms with Gasteiger partial charge in [0, 0.05) is 15.4 Å². The van der Waals surface area contributed by atoms with Gasteiger partial charge in [0.2, 0.25) is 10.0 Å². The summed E-state index contributed by atoms with van der Waals surface area (Å²) in [5.41, 5.74) is 5.22. The summed E-state index contributed by atoms with van der Waals surface area (Å²) in [6, 6.07) is 4.71. The zero-order valence-corrected chi connectivity index (χ0v) is 13.0. The van der Waals surface area contributed by atoms with Crippen molar-refractivity contribution in [3.63, 3.8) is 0 Å². The van der Waals surface area contributed by atoms with Gasteiger partial charge in [0.25, 0.3) is 0 Å². The van der Waals surface area contributed by atoms with Gasteiger partial charge in [0.05, 0.1) is 6.04 Å². The molecule has 1 heterocycles. The van der Waals surface area contributed by atoms with E-state index in [1.807, 2.05) is 13.0 Å². The van der Waals surface area contributed by atoms with Crippen molar-refractivity contribution in [2.75, 3.05) is 5.73 Å². The number of hydrogen-bond donors (Lipinski definition) is 2. The summed E-state index contributed by atoms with van der Waals surface area (Å²) in [6.07, 6.45) is 0. The fraction of sp³-hybridized carbons (Fsp3) is 0.231. The van der Waals surface area contributed by atoms with Crippen molar-refractivity contribution in [1.82, 2.24) is 4.72 Å². The molecule has 8 heteroatoms. The Morgan fingerprint density at radius 3 is 2.52 bits per heavy atom. The smallest absolute Gasteiger partial charge is 0.244 e. The van der Waals surface area contributed by atoms with Crippen LogP contribution in [0.3, 0.4) is 0 Å². The van der Waals surface area contributed by atoms with Crippen molar-refractivity contribution in [3.05, 3.63) is 45.7 Å². The van der Waals surface area contributed by atoms with Gasteiger partial charge in [0.1, 0.15) is 4.90 Å². The van der Waals surface area contributed by atoms with Crippen LogP contribution in [0.4, 0.5) is 14.5 Å².